The van der Waals surface area contributed by atoms with Crippen molar-refractivity contribution in [3.63, 3.8) is 0 Å². The van der Waals surface area contributed by atoms with Crippen LogP contribution in [0.15, 0.2) is 30.3 Å². The molecule has 1 N–H and O–H groups in total. The minimum atomic E-state index is -1.08. The second-order valence-electron chi connectivity index (χ2n) is 6.22. The SMILES string of the molecule is CC(=O)O[C@@H](C=O)[C@H](Cc1ccccc1)NC(=O)OC(C)(C)C.O=[O+][O-]. The molecule has 0 aliphatic rings. The van der Waals surface area contributed by atoms with Crippen LogP contribution in [-0.4, -0.2) is 36.1 Å². The van der Waals surface area contributed by atoms with Crippen LogP contribution in [0, 0.1) is 9.71 Å². The quantitative estimate of drug-likeness (QED) is 0.261. The lowest BCUT2D eigenvalue weighted by Crippen LogP contribution is -2.48. The Balaban J connectivity index is 0.00000194. The number of esters is 1. The summed E-state index contributed by atoms with van der Waals surface area (Å²) < 4.78 is 11.9. The number of amides is 1. The fourth-order valence-electron chi connectivity index (χ4n) is 1.97. The zero-order chi connectivity index (χ0) is 20.2. The molecule has 9 heteroatoms. The lowest BCUT2D eigenvalue weighted by molar-refractivity contribution is -0.284. The molecule has 0 saturated heterocycles. The predicted molar refractivity (Wildman–Crippen MR) is 91.7 cm³/mol. The maximum atomic E-state index is 12.0. The summed E-state index contributed by atoms with van der Waals surface area (Å²) in [5, 5.41) is 10.5. The largest absolute Gasteiger partial charge is 0.453 e. The van der Waals surface area contributed by atoms with Gasteiger partial charge >= 0.3 is 12.1 Å². The van der Waals surface area contributed by atoms with Crippen LogP contribution >= 0.6 is 0 Å². The van der Waals surface area contributed by atoms with Crippen molar-refractivity contribution in [2.45, 2.75) is 51.9 Å². The first-order valence-corrected chi connectivity index (χ1v) is 7.70. The van der Waals surface area contributed by atoms with Gasteiger partial charge in [-0.25, -0.2) is 4.79 Å². The second-order valence-corrected chi connectivity index (χ2v) is 6.22. The van der Waals surface area contributed by atoms with Crippen molar-refractivity contribution in [2.75, 3.05) is 0 Å². The average molecular weight is 369 g/mol. The molecule has 26 heavy (non-hydrogen) atoms. The number of hydrogen-bond acceptors (Lipinski definition) is 7. The molecule has 9 nitrogen and oxygen atoms in total. The number of carbonyl (C=O) groups excluding carboxylic acids is 3. The number of benzene rings is 1. The van der Waals surface area contributed by atoms with Crippen molar-refractivity contribution in [2.24, 2.45) is 0 Å². The maximum Gasteiger partial charge on any atom is 0.408 e. The minimum Gasteiger partial charge on any atom is -0.453 e. The molecule has 2 atom stereocenters. The van der Waals surface area contributed by atoms with Gasteiger partial charge in [0.05, 0.1) is 6.04 Å². The molecule has 0 unspecified atom stereocenters. The highest BCUT2D eigenvalue weighted by Crippen LogP contribution is 2.11. The van der Waals surface area contributed by atoms with Crippen LogP contribution in [-0.2, 0) is 25.5 Å². The van der Waals surface area contributed by atoms with Crippen molar-refractivity contribution in [3.05, 3.63) is 45.6 Å². The zero-order valence-corrected chi connectivity index (χ0v) is 15.1. The molecule has 1 aromatic rings. The van der Waals surface area contributed by atoms with Crippen LogP contribution in [0.2, 0.25) is 0 Å². The van der Waals surface area contributed by atoms with Crippen LogP contribution in [0.4, 0.5) is 4.79 Å². The Morgan fingerprint density at radius 2 is 1.81 bits per heavy atom. The van der Waals surface area contributed by atoms with Crippen LogP contribution in [0.1, 0.15) is 33.3 Å². The second kappa shape index (κ2) is 11.6. The van der Waals surface area contributed by atoms with Crippen LogP contribution < -0.4 is 10.6 Å². The Hall–Kier alpha value is -2.97. The minimum absolute atomic E-state index is 0.330. The lowest BCUT2D eigenvalue weighted by atomic mass is 10.0. The predicted octanol–water partition coefficient (Wildman–Crippen LogP) is 1.13. The van der Waals surface area contributed by atoms with Crippen molar-refractivity contribution in [1.29, 1.82) is 0 Å². The molecule has 0 heterocycles. The van der Waals surface area contributed by atoms with Gasteiger partial charge in [0.2, 0.25) is 0 Å². The third-order valence-corrected chi connectivity index (χ3v) is 2.83. The van der Waals surface area contributed by atoms with Gasteiger partial charge in [0.15, 0.2) is 17.1 Å². The Labute approximate surface area is 151 Å². The number of aldehydes is 1. The average Bonchev–Trinajstić information content (AvgIpc) is 2.51. The van der Waals surface area contributed by atoms with Gasteiger partial charge in [-0.15, -0.1) is 0 Å². The molecule has 0 fully saturated rings. The first kappa shape index (κ1) is 23.0. The van der Waals surface area contributed by atoms with E-state index in [1.807, 2.05) is 30.3 Å². The van der Waals surface area contributed by atoms with E-state index in [1.165, 1.54) is 6.92 Å². The third kappa shape index (κ3) is 10.7. The van der Waals surface area contributed by atoms with E-state index in [0.717, 1.165) is 5.56 Å². The normalized spacial score (nSPS) is 12.5. The molecule has 0 radical (unpaired) electrons. The van der Waals surface area contributed by atoms with Crippen molar-refractivity contribution < 1.29 is 29.1 Å². The Morgan fingerprint density at radius 1 is 1.27 bits per heavy atom. The molecule has 0 saturated carbocycles. The Morgan fingerprint density at radius 3 is 2.23 bits per heavy atom. The molecule has 0 aromatic heterocycles. The van der Waals surface area contributed by atoms with Gasteiger partial charge in [0.1, 0.15) is 5.60 Å². The zero-order valence-electron chi connectivity index (χ0n) is 15.1. The van der Waals surface area contributed by atoms with E-state index in [1.54, 1.807) is 25.5 Å². The van der Waals surface area contributed by atoms with Gasteiger partial charge in [0, 0.05) is 6.92 Å². The molecule has 144 valence electrons. The highest BCUT2D eigenvalue weighted by atomic mass is 17.2. The molecule has 0 aliphatic heterocycles. The molecule has 1 rings (SSSR count). The summed E-state index contributed by atoms with van der Waals surface area (Å²) in [6.45, 7) is 6.43. The highest BCUT2D eigenvalue weighted by molar-refractivity contribution is 5.72. The summed E-state index contributed by atoms with van der Waals surface area (Å²) in [6.07, 6.45) is -0.916. The van der Waals surface area contributed by atoms with Crippen LogP contribution in [0.25, 0.3) is 0 Å². The molecular weight excluding hydrogens is 346 g/mol. The topological polar surface area (TPSA) is 133 Å². The molecule has 0 aliphatic carbocycles. The smallest absolute Gasteiger partial charge is 0.408 e. The van der Waals surface area contributed by atoms with Crippen molar-refractivity contribution in [3.8, 4) is 0 Å². The van der Waals surface area contributed by atoms with Gasteiger partial charge in [-0.05, 0) is 32.8 Å². The van der Waals surface area contributed by atoms with E-state index in [9.17, 15) is 14.4 Å². The Kier molecular flexibility index (Phi) is 10.2. The number of carbonyl (C=O) groups is 3. The highest BCUT2D eigenvalue weighted by Gasteiger charge is 2.28. The van der Waals surface area contributed by atoms with E-state index in [-0.39, 0.29) is 0 Å². The third-order valence-electron chi connectivity index (χ3n) is 2.83. The summed E-state index contributed by atoms with van der Waals surface area (Å²) in [7, 11) is 0. The van der Waals surface area contributed by atoms with Gasteiger partial charge in [-0.2, -0.15) is 0 Å². The van der Waals surface area contributed by atoms with Crippen molar-refractivity contribution in [1.82, 2.24) is 5.32 Å². The van der Waals surface area contributed by atoms with Gasteiger partial charge < -0.3 is 14.8 Å². The number of hydrogen-bond donors (Lipinski definition) is 1. The number of alkyl carbamates (subject to hydrolysis) is 1. The van der Waals surface area contributed by atoms with Crippen LogP contribution in [0.3, 0.4) is 0 Å². The fourth-order valence-corrected chi connectivity index (χ4v) is 1.97. The van der Waals surface area contributed by atoms with Crippen molar-refractivity contribution >= 4 is 18.3 Å². The van der Waals surface area contributed by atoms with Gasteiger partial charge in [-0.3, -0.25) is 9.59 Å². The Bertz CT molecular complexity index is 582. The number of nitrogens with one attached hydrogen (secondary N) is 1. The van der Waals surface area contributed by atoms with E-state index in [2.05, 4.69) is 5.32 Å². The summed E-state index contributed by atoms with van der Waals surface area (Å²) in [5.41, 5.74) is 0.229. The first-order chi connectivity index (χ1) is 12.1. The summed E-state index contributed by atoms with van der Waals surface area (Å²) in [5.74, 6) is -0.592. The first-order valence-electron chi connectivity index (χ1n) is 7.70. The number of ether oxygens (including phenoxy) is 2. The number of rotatable bonds is 6. The van der Waals surface area contributed by atoms with E-state index >= 15 is 0 Å². The summed E-state index contributed by atoms with van der Waals surface area (Å²) in [4.78, 5) is 42.3. The van der Waals surface area contributed by atoms with E-state index in [4.69, 9.17) is 19.7 Å². The monoisotopic (exact) mass is 369 g/mol. The van der Waals surface area contributed by atoms with Gasteiger partial charge in [-0.1, -0.05) is 40.6 Å². The van der Waals surface area contributed by atoms with E-state index in [0.29, 0.717) is 12.7 Å². The van der Waals surface area contributed by atoms with Crippen LogP contribution in [0.5, 0.6) is 0 Å². The maximum absolute atomic E-state index is 12.0. The molecule has 1 aromatic carbocycles. The van der Waals surface area contributed by atoms with E-state index < -0.39 is 29.8 Å². The summed E-state index contributed by atoms with van der Waals surface area (Å²) in [6, 6.07) is 8.57. The lowest BCUT2D eigenvalue weighted by Gasteiger charge is -2.26. The standard InChI is InChI=1S/C17H23NO5.O3/c1-12(20)22-15(11-19)14(10-13-8-6-5-7-9-13)18-16(21)23-17(2,3)4;1-3-2/h5-9,11,14-15H,10H2,1-4H3,(H,18,21);/t14-,15-;/m0./s1. The molecular formula is C17H23NO8. The summed E-state index contributed by atoms with van der Waals surface area (Å²) >= 11 is 0. The van der Waals surface area contributed by atoms with Gasteiger partial charge in [0.25, 0.3) is 0 Å². The fraction of sp³-hybridized carbons (Fsp3) is 0.471. The molecule has 0 bridgehead atoms. The molecule has 0 spiro atoms. The molecule has 1 amide bonds.